The van der Waals surface area contributed by atoms with Crippen molar-refractivity contribution in [1.29, 1.82) is 0 Å². The fourth-order valence-corrected chi connectivity index (χ4v) is 2.25. The van der Waals surface area contributed by atoms with Crippen molar-refractivity contribution in [1.82, 2.24) is 10.4 Å². The largest absolute Gasteiger partial charge is 0.417 e. The van der Waals surface area contributed by atoms with Crippen LogP contribution in [-0.4, -0.2) is 17.1 Å². The minimum atomic E-state index is -4.42. The number of hydrogen-bond acceptors (Lipinski definition) is 4. The van der Waals surface area contributed by atoms with Crippen molar-refractivity contribution in [3.63, 3.8) is 0 Å². The maximum atomic E-state index is 13.1. The number of nitrogens with two attached hydrogens (primary N) is 1. The van der Waals surface area contributed by atoms with Gasteiger partial charge in [-0.2, -0.15) is 13.2 Å². The second kappa shape index (κ2) is 4.29. The second-order valence-electron chi connectivity index (χ2n) is 4.39. The van der Waals surface area contributed by atoms with Gasteiger partial charge in [-0.1, -0.05) is 24.3 Å². The van der Waals surface area contributed by atoms with E-state index in [-0.39, 0.29) is 11.5 Å². The zero-order chi connectivity index (χ0) is 14.3. The Morgan fingerprint density at radius 1 is 1.25 bits per heavy atom. The molecule has 104 valence electrons. The van der Waals surface area contributed by atoms with Gasteiger partial charge >= 0.3 is 6.18 Å². The first-order valence-corrected chi connectivity index (χ1v) is 5.91. The van der Waals surface area contributed by atoms with Crippen LogP contribution in [0.1, 0.15) is 11.1 Å². The van der Waals surface area contributed by atoms with E-state index in [2.05, 4.69) is 10.4 Å². The van der Waals surface area contributed by atoms with Crippen LogP contribution in [0.3, 0.4) is 0 Å². The average molecular weight is 280 g/mol. The number of benzene rings is 1. The Bertz CT molecular complexity index is 631. The van der Waals surface area contributed by atoms with Gasteiger partial charge in [-0.05, 0) is 18.2 Å². The van der Waals surface area contributed by atoms with Crippen molar-refractivity contribution in [3.8, 4) is 0 Å². The minimum absolute atomic E-state index is 0.0896. The number of aliphatic imine (C=N–C) groups is 1. The fourth-order valence-electron chi connectivity index (χ4n) is 2.25. The Hall–Kier alpha value is -2.44. The molecule has 3 N–H and O–H groups in total. The number of halogens is 3. The Labute approximate surface area is 113 Å². The molecule has 0 aromatic heterocycles. The molecule has 2 heterocycles. The number of hydrazine groups is 1. The Morgan fingerprint density at radius 3 is 2.75 bits per heavy atom. The third-order valence-electron chi connectivity index (χ3n) is 3.08. The molecule has 0 saturated carbocycles. The van der Waals surface area contributed by atoms with Gasteiger partial charge < -0.3 is 5.73 Å². The van der Waals surface area contributed by atoms with Crippen molar-refractivity contribution in [2.45, 2.75) is 12.3 Å². The predicted molar refractivity (Wildman–Crippen MR) is 68.9 cm³/mol. The van der Waals surface area contributed by atoms with Gasteiger partial charge in [0.2, 0.25) is 5.96 Å². The summed E-state index contributed by atoms with van der Waals surface area (Å²) >= 11 is 0. The molecule has 1 aromatic rings. The molecule has 7 heteroatoms. The molecule has 2 aliphatic heterocycles. The van der Waals surface area contributed by atoms with Crippen LogP contribution in [-0.2, 0) is 6.18 Å². The summed E-state index contributed by atoms with van der Waals surface area (Å²) in [5.74, 6) is 0.178. The summed E-state index contributed by atoms with van der Waals surface area (Å²) in [5.41, 5.74) is 8.12. The lowest BCUT2D eigenvalue weighted by Crippen LogP contribution is -2.42. The lowest BCUT2D eigenvalue weighted by atomic mass is 10.0. The quantitative estimate of drug-likeness (QED) is 0.828. The highest BCUT2D eigenvalue weighted by molar-refractivity contribution is 5.83. The van der Waals surface area contributed by atoms with E-state index in [0.717, 1.165) is 6.07 Å². The smallest absolute Gasteiger partial charge is 0.368 e. The summed E-state index contributed by atoms with van der Waals surface area (Å²) in [5, 5.41) is 1.51. The van der Waals surface area contributed by atoms with E-state index in [9.17, 15) is 13.2 Å². The maximum absolute atomic E-state index is 13.1. The van der Waals surface area contributed by atoms with Gasteiger partial charge in [0.05, 0.1) is 11.3 Å². The lowest BCUT2D eigenvalue weighted by molar-refractivity contribution is -0.137. The van der Waals surface area contributed by atoms with E-state index in [0.29, 0.717) is 5.70 Å². The van der Waals surface area contributed by atoms with Gasteiger partial charge in [-0.15, -0.1) is 0 Å². The lowest BCUT2D eigenvalue weighted by Gasteiger charge is -2.29. The van der Waals surface area contributed by atoms with Crippen molar-refractivity contribution in [2.75, 3.05) is 0 Å². The fraction of sp³-hybridized carbons (Fsp3) is 0.154. The molecule has 3 rings (SSSR count). The number of guanidine groups is 1. The van der Waals surface area contributed by atoms with Gasteiger partial charge in [-0.25, -0.2) is 4.99 Å². The highest BCUT2D eigenvalue weighted by Crippen LogP contribution is 2.37. The molecule has 0 saturated heterocycles. The van der Waals surface area contributed by atoms with Gasteiger partial charge in [0.15, 0.2) is 6.17 Å². The molecule has 1 atom stereocenters. The average Bonchev–Trinajstić information content (AvgIpc) is 2.77. The highest BCUT2D eigenvalue weighted by Gasteiger charge is 2.36. The molecule has 4 nitrogen and oxygen atoms in total. The van der Waals surface area contributed by atoms with E-state index in [1.807, 2.05) is 0 Å². The SMILES string of the molecule is NC1=NC2C=CC=C(c3ccccc3C(F)(F)F)N2N1. The molecule has 0 aliphatic carbocycles. The molecule has 0 bridgehead atoms. The normalized spacial score (nSPS) is 21.1. The Balaban J connectivity index is 2.07. The van der Waals surface area contributed by atoms with Crippen LogP contribution in [0.25, 0.3) is 5.70 Å². The van der Waals surface area contributed by atoms with Crippen LogP contribution in [0.2, 0.25) is 0 Å². The first-order valence-electron chi connectivity index (χ1n) is 5.91. The van der Waals surface area contributed by atoms with Gasteiger partial charge in [-0.3, -0.25) is 10.4 Å². The Morgan fingerprint density at radius 2 is 2.00 bits per heavy atom. The third-order valence-corrected chi connectivity index (χ3v) is 3.08. The highest BCUT2D eigenvalue weighted by atomic mass is 19.4. The minimum Gasteiger partial charge on any atom is -0.368 e. The van der Waals surface area contributed by atoms with Gasteiger partial charge in [0.1, 0.15) is 0 Å². The van der Waals surface area contributed by atoms with Crippen LogP contribution < -0.4 is 11.2 Å². The number of allylic oxidation sites excluding steroid dienone is 2. The van der Waals surface area contributed by atoms with Gasteiger partial charge in [0.25, 0.3) is 0 Å². The summed E-state index contributed by atoms with van der Waals surface area (Å²) < 4.78 is 39.3. The molecule has 0 amide bonds. The molecule has 20 heavy (non-hydrogen) atoms. The topological polar surface area (TPSA) is 53.6 Å². The maximum Gasteiger partial charge on any atom is 0.417 e. The first-order chi connectivity index (χ1) is 9.47. The number of nitrogens with zero attached hydrogens (tertiary/aromatic N) is 2. The molecule has 2 aliphatic rings. The third kappa shape index (κ3) is 2.01. The van der Waals surface area contributed by atoms with Gasteiger partial charge in [0, 0.05) is 5.56 Å². The number of alkyl halides is 3. The van der Waals surface area contributed by atoms with Crippen LogP contribution in [0.15, 0.2) is 47.5 Å². The molecule has 0 spiro atoms. The number of nitrogens with one attached hydrogen (secondary N) is 1. The van der Waals surface area contributed by atoms with E-state index >= 15 is 0 Å². The standard InChI is InChI=1S/C13H11F3N4/c14-13(15,16)9-5-2-1-4-8(9)10-6-3-7-11-18-12(17)19-20(10)11/h1-7,11H,(H3,17,18,19). The summed E-state index contributed by atoms with van der Waals surface area (Å²) in [4.78, 5) is 4.08. The van der Waals surface area contributed by atoms with Crippen molar-refractivity contribution in [2.24, 2.45) is 10.7 Å². The summed E-state index contributed by atoms with van der Waals surface area (Å²) in [7, 11) is 0. The first kappa shape index (κ1) is 12.6. The van der Waals surface area contributed by atoms with E-state index in [4.69, 9.17) is 5.73 Å². The molecule has 1 aromatic carbocycles. The zero-order valence-corrected chi connectivity index (χ0v) is 10.2. The molecule has 1 unspecified atom stereocenters. The monoisotopic (exact) mass is 280 g/mol. The van der Waals surface area contributed by atoms with Crippen molar-refractivity contribution in [3.05, 3.63) is 53.6 Å². The number of hydrogen-bond donors (Lipinski definition) is 2. The number of fused-ring (bicyclic) bond motifs is 1. The summed E-state index contributed by atoms with van der Waals surface area (Å²) in [6, 6.07) is 5.43. The Kier molecular flexibility index (Phi) is 2.70. The zero-order valence-electron chi connectivity index (χ0n) is 10.2. The molecular formula is C13H11F3N4. The van der Waals surface area contributed by atoms with Crippen LogP contribution >= 0.6 is 0 Å². The molecule has 0 radical (unpaired) electrons. The predicted octanol–water partition coefficient (Wildman–Crippen LogP) is 2.08. The van der Waals surface area contributed by atoms with Crippen LogP contribution in [0, 0.1) is 0 Å². The molecular weight excluding hydrogens is 269 g/mol. The molecule has 0 fully saturated rings. The van der Waals surface area contributed by atoms with Crippen LogP contribution in [0.5, 0.6) is 0 Å². The second-order valence-corrected chi connectivity index (χ2v) is 4.39. The number of rotatable bonds is 1. The van der Waals surface area contributed by atoms with Crippen molar-refractivity contribution >= 4 is 11.7 Å². The summed E-state index contributed by atoms with van der Waals surface area (Å²) in [6.07, 6.45) is 0.180. The summed E-state index contributed by atoms with van der Waals surface area (Å²) in [6.45, 7) is 0. The van der Waals surface area contributed by atoms with E-state index < -0.39 is 17.9 Å². The van der Waals surface area contributed by atoms with E-state index in [1.54, 1.807) is 24.3 Å². The van der Waals surface area contributed by atoms with Crippen LogP contribution in [0.4, 0.5) is 13.2 Å². The van der Waals surface area contributed by atoms with E-state index in [1.165, 1.54) is 17.1 Å². The van der Waals surface area contributed by atoms with Crippen molar-refractivity contribution < 1.29 is 13.2 Å².